The summed E-state index contributed by atoms with van der Waals surface area (Å²) in [4.78, 5) is 0. The molecule has 2 unspecified atom stereocenters. The average Bonchev–Trinajstić information content (AvgIpc) is 2.04. The van der Waals surface area contributed by atoms with Crippen molar-refractivity contribution in [2.75, 3.05) is 0 Å². The molecular formula is C10H15N. The van der Waals surface area contributed by atoms with E-state index in [4.69, 9.17) is 5.73 Å². The van der Waals surface area contributed by atoms with Gasteiger partial charge in [-0.2, -0.15) is 0 Å². The Bertz CT molecular complexity index is 211. The Morgan fingerprint density at radius 2 is 2.00 bits per heavy atom. The Balaban J connectivity index is 2.73. The zero-order valence-corrected chi connectivity index (χ0v) is 7.12. The van der Waals surface area contributed by atoms with Crippen molar-refractivity contribution in [3.8, 4) is 0 Å². The third kappa shape index (κ3) is 1.73. The van der Waals surface area contributed by atoms with Gasteiger partial charge in [-0.15, -0.1) is 0 Å². The molecule has 2 N–H and O–H groups in total. The van der Waals surface area contributed by atoms with Crippen molar-refractivity contribution >= 4 is 0 Å². The smallest absolute Gasteiger partial charge is 0.00546 e. The van der Waals surface area contributed by atoms with Gasteiger partial charge >= 0.3 is 0 Å². The van der Waals surface area contributed by atoms with Gasteiger partial charge in [0.2, 0.25) is 0 Å². The van der Waals surface area contributed by atoms with Crippen LogP contribution in [0.3, 0.4) is 0 Å². The van der Waals surface area contributed by atoms with E-state index >= 15 is 0 Å². The van der Waals surface area contributed by atoms with Gasteiger partial charge in [0.25, 0.3) is 0 Å². The highest BCUT2D eigenvalue weighted by molar-refractivity contribution is 5.22. The maximum Gasteiger partial charge on any atom is 0.00546 e. The van der Waals surface area contributed by atoms with E-state index in [0.29, 0.717) is 11.8 Å². The lowest BCUT2D eigenvalue weighted by molar-refractivity contribution is 0.575. The predicted molar refractivity (Wildman–Crippen MR) is 48.9 cm³/mol. The maximum absolute atomic E-state index is 5.45. The van der Waals surface area contributed by atoms with Gasteiger partial charge in [-0.1, -0.05) is 36.8 Å². The van der Waals surface area contributed by atoms with E-state index in [1.807, 2.05) is 0 Å². The van der Waals surface area contributed by atoms with Crippen LogP contribution in [0.2, 0.25) is 0 Å². The van der Waals surface area contributed by atoms with Crippen molar-refractivity contribution < 1.29 is 0 Å². The molecule has 0 radical (unpaired) electrons. The van der Waals surface area contributed by atoms with Gasteiger partial charge < -0.3 is 5.73 Å². The van der Waals surface area contributed by atoms with E-state index in [1.165, 1.54) is 5.57 Å². The van der Waals surface area contributed by atoms with Crippen molar-refractivity contribution in [3.63, 3.8) is 0 Å². The molecule has 60 valence electrons. The molecule has 0 aromatic heterocycles. The fraction of sp³-hybridized carbons (Fsp3) is 0.400. The fourth-order valence-corrected chi connectivity index (χ4v) is 1.40. The van der Waals surface area contributed by atoms with Gasteiger partial charge in [0.15, 0.2) is 0 Å². The number of rotatable bonds is 1. The first-order valence-electron chi connectivity index (χ1n) is 3.99. The normalized spacial score (nSPS) is 30.9. The highest BCUT2D eigenvalue weighted by Crippen LogP contribution is 2.25. The molecule has 0 amide bonds. The summed E-state index contributed by atoms with van der Waals surface area (Å²) in [5, 5.41) is 0. The van der Waals surface area contributed by atoms with Crippen LogP contribution in [0.4, 0.5) is 0 Å². The summed E-state index contributed by atoms with van der Waals surface area (Å²) in [5.41, 5.74) is 6.69. The molecule has 0 spiro atoms. The molecule has 1 aliphatic carbocycles. The minimum atomic E-state index is 0.505. The number of nitrogens with two attached hydrogens (primary N) is 1. The molecule has 0 saturated heterocycles. The second kappa shape index (κ2) is 3.42. The van der Waals surface area contributed by atoms with E-state index < -0.39 is 0 Å². The van der Waals surface area contributed by atoms with E-state index in [-0.39, 0.29) is 0 Å². The Kier molecular flexibility index (Phi) is 2.53. The van der Waals surface area contributed by atoms with Crippen molar-refractivity contribution in [2.24, 2.45) is 17.6 Å². The summed E-state index contributed by atoms with van der Waals surface area (Å²) < 4.78 is 0. The lowest BCUT2D eigenvalue weighted by atomic mass is 9.85. The Morgan fingerprint density at radius 1 is 1.36 bits per heavy atom. The molecule has 1 nitrogen and oxygen atoms in total. The lowest BCUT2D eigenvalue weighted by Gasteiger charge is -2.20. The van der Waals surface area contributed by atoms with Crippen LogP contribution in [0.1, 0.15) is 13.8 Å². The van der Waals surface area contributed by atoms with Gasteiger partial charge in [-0.05, 0) is 19.0 Å². The van der Waals surface area contributed by atoms with Crippen LogP contribution >= 0.6 is 0 Å². The Morgan fingerprint density at radius 3 is 2.55 bits per heavy atom. The van der Waals surface area contributed by atoms with E-state index in [1.54, 1.807) is 6.20 Å². The van der Waals surface area contributed by atoms with Crippen LogP contribution in [0, 0.1) is 11.8 Å². The Labute approximate surface area is 68.3 Å². The summed E-state index contributed by atoms with van der Waals surface area (Å²) in [6.07, 6.45) is 10.3. The van der Waals surface area contributed by atoms with Gasteiger partial charge in [0, 0.05) is 5.92 Å². The third-order valence-corrected chi connectivity index (χ3v) is 2.20. The van der Waals surface area contributed by atoms with Crippen LogP contribution in [0.25, 0.3) is 0 Å². The first kappa shape index (κ1) is 8.12. The van der Waals surface area contributed by atoms with Crippen LogP contribution in [-0.2, 0) is 0 Å². The number of hydrogen-bond donors (Lipinski definition) is 1. The summed E-state index contributed by atoms with van der Waals surface area (Å²) >= 11 is 0. The molecule has 2 atom stereocenters. The molecule has 0 saturated carbocycles. The van der Waals surface area contributed by atoms with Crippen molar-refractivity contribution in [1.82, 2.24) is 0 Å². The third-order valence-electron chi connectivity index (χ3n) is 2.20. The molecular weight excluding hydrogens is 134 g/mol. The molecule has 1 heteroatoms. The van der Waals surface area contributed by atoms with E-state index in [9.17, 15) is 0 Å². The second-order valence-corrected chi connectivity index (χ2v) is 3.07. The predicted octanol–water partition coefficient (Wildman–Crippen LogP) is 2.23. The molecule has 0 bridgehead atoms. The quantitative estimate of drug-likeness (QED) is 0.608. The summed E-state index contributed by atoms with van der Waals surface area (Å²) in [5.74, 6) is 1.09. The van der Waals surface area contributed by atoms with Crippen LogP contribution in [0.15, 0.2) is 36.1 Å². The SMILES string of the molecule is C/C(=C/N)C1C=CC=CC1C. The molecule has 0 fully saturated rings. The first-order valence-corrected chi connectivity index (χ1v) is 3.99. The highest BCUT2D eigenvalue weighted by Gasteiger charge is 2.14. The topological polar surface area (TPSA) is 26.0 Å². The fourth-order valence-electron chi connectivity index (χ4n) is 1.40. The molecule has 0 aliphatic heterocycles. The Hall–Kier alpha value is -0.980. The summed E-state index contributed by atoms with van der Waals surface area (Å²) in [7, 11) is 0. The minimum Gasteiger partial charge on any atom is -0.405 e. The molecule has 11 heavy (non-hydrogen) atoms. The minimum absolute atomic E-state index is 0.505. The van der Waals surface area contributed by atoms with Gasteiger partial charge in [-0.25, -0.2) is 0 Å². The van der Waals surface area contributed by atoms with Crippen molar-refractivity contribution in [3.05, 3.63) is 36.1 Å². The molecule has 0 aromatic carbocycles. The van der Waals surface area contributed by atoms with E-state index in [2.05, 4.69) is 38.2 Å². The van der Waals surface area contributed by atoms with Crippen LogP contribution < -0.4 is 5.73 Å². The molecule has 1 aliphatic rings. The summed E-state index contributed by atoms with van der Waals surface area (Å²) in [6.45, 7) is 4.28. The molecule has 0 heterocycles. The number of hydrogen-bond acceptors (Lipinski definition) is 1. The standard InChI is InChI=1S/C10H15N/c1-8-5-3-4-6-10(8)9(2)7-11/h3-8,10H,11H2,1-2H3/b9-7-. The molecule has 1 rings (SSSR count). The summed E-state index contributed by atoms with van der Waals surface area (Å²) in [6, 6.07) is 0. The number of allylic oxidation sites excluding steroid dienone is 5. The zero-order chi connectivity index (χ0) is 8.27. The highest BCUT2D eigenvalue weighted by atomic mass is 14.5. The van der Waals surface area contributed by atoms with Crippen molar-refractivity contribution in [1.29, 1.82) is 0 Å². The van der Waals surface area contributed by atoms with E-state index in [0.717, 1.165) is 0 Å². The monoisotopic (exact) mass is 149 g/mol. The average molecular weight is 149 g/mol. The van der Waals surface area contributed by atoms with Crippen LogP contribution in [-0.4, -0.2) is 0 Å². The van der Waals surface area contributed by atoms with Crippen molar-refractivity contribution in [2.45, 2.75) is 13.8 Å². The second-order valence-electron chi connectivity index (χ2n) is 3.07. The van der Waals surface area contributed by atoms with Gasteiger partial charge in [0.05, 0.1) is 0 Å². The van der Waals surface area contributed by atoms with Crippen LogP contribution in [0.5, 0.6) is 0 Å². The van der Waals surface area contributed by atoms with Gasteiger partial charge in [-0.3, -0.25) is 0 Å². The largest absolute Gasteiger partial charge is 0.405 e. The first-order chi connectivity index (χ1) is 5.25. The lowest BCUT2D eigenvalue weighted by Crippen LogP contribution is -2.11. The zero-order valence-electron chi connectivity index (χ0n) is 7.12. The molecule has 0 aromatic rings. The van der Waals surface area contributed by atoms with Gasteiger partial charge in [0.1, 0.15) is 0 Å². The maximum atomic E-state index is 5.45.